The van der Waals surface area contributed by atoms with E-state index in [1.165, 1.54) is 0 Å². The molecule has 0 spiro atoms. The second kappa shape index (κ2) is 7.31. The van der Waals surface area contributed by atoms with E-state index in [2.05, 4.69) is 9.62 Å². The van der Waals surface area contributed by atoms with Crippen molar-refractivity contribution in [2.45, 2.75) is 31.4 Å². The van der Waals surface area contributed by atoms with E-state index in [0.717, 1.165) is 32.4 Å². The fourth-order valence-corrected chi connectivity index (χ4v) is 3.34. The highest BCUT2D eigenvalue weighted by atomic mass is 32.2. The van der Waals surface area contributed by atoms with Gasteiger partial charge in [0.05, 0.1) is 0 Å². The van der Waals surface area contributed by atoms with Gasteiger partial charge in [-0.05, 0) is 25.8 Å². The van der Waals surface area contributed by atoms with Gasteiger partial charge in [-0.15, -0.1) is 0 Å². The normalized spacial score (nSPS) is 18.2. The Kier molecular flexibility index (Phi) is 6.40. The number of hydrogen-bond donors (Lipinski definition) is 1. The lowest BCUT2D eigenvalue weighted by atomic mass is 10.2. The van der Waals surface area contributed by atoms with E-state index < -0.39 is 10.0 Å². The molecule has 0 aromatic carbocycles. The number of unbranched alkanes of at least 4 members (excludes halogenated alkanes) is 2. The quantitative estimate of drug-likeness (QED) is 0.613. The molecule has 102 valence electrons. The topological polar surface area (TPSA) is 58.6 Å². The van der Waals surface area contributed by atoms with E-state index in [0.29, 0.717) is 19.6 Å². The second-order valence-corrected chi connectivity index (χ2v) is 6.51. The van der Waals surface area contributed by atoms with Gasteiger partial charge in [-0.25, -0.2) is 13.1 Å². The Balaban J connectivity index is 2.09. The van der Waals surface area contributed by atoms with E-state index in [9.17, 15) is 8.42 Å². The minimum Gasteiger partial charge on any atom is -0.385 e. The van der Waals surface area contributed by atoms with Gasteiger partial charge in [-0.3, -0.25) is 0 Å². The Bertz CT molecular complexity index is 300. The summed E-state index contributed by atoms with van der Waals surface area (Å²) in [5, 5.41) is -0.207. The Morgan fingerprint density at radius 2 is 2.00 bits per heavy atom. The molecule has 0 unspecified atom stereocenters. The first-order valence-corrected chi connectivity index (χ1v) is 7.84. The maximum Gasteiger partial charge on any atom is 0.217 e. The third-order valence-corrected chi connectivity index (χ3v) is 4.92. The number of methoxy groups -OCH3 is 1. The summed E-state index contributed by atoms with van der Waals surface area (Å²) in [6.07, 6.45) is 2.88. The van der Waals surface area contributed by atoms with Gasteiger partial charge in [-0.1, -0.05) is 6.92 Å². The zero-order valence-corrected chi connectivity index (χ0v) is 11.6. The Morgan fingerprint density at radius 1 is 1.29 bits per heavy atom. The van der Waals surface area contributed by atoms with E-state index >= 15 is 0 Å². The van der Waals surface area contributed by atoms with Crippen LogP contribution < -0.4 is 4.72 Å². The van der Waals surface area contributed by atoms with E-state index in [1.807, 2.05) is 6.92 Å². The summed E-state index contributed by atoms with van der Waals surface area (Å²) in [7, 11) is -1.40. The van der Waals surface area contributed by atoms with Crippen LogP contribution in [0.25, 0.3) is 0 Å². The number of sulfonamides is 1. The highest BCUT2D eigenvalue weighted by molar-refractivity contribution is 7.90. The number of likely N-dealkylation sites (tertiary alicyclic amines) is 1. The second-order valence-electron chi connectivity index (χ2n) is 4.47. The molecule has 1 heterocycles. The van der Waals surface area contributed by atoms with Crippen molar-refractivity contribution in [1.82, 2.24) is 9.62 Å². The number of rotatable bonds is 9. The largest absolute Gasteiger partial charge is 0.385 e. The van der Waals surface area contributed by atoms with Gasteiger partial charge in [0.15, 0.2) is 0 Å². The summed E-state index contributed by atoms with van der Waals surface area (Å²) in [6, 6.07) is 0. The predicted molar refractivity (Wildman–Crippen MR) is 68.6 cm³/mol. The fraction of sp³-hybridized carbons (Fsp3) is 1.00. The predicted octanol–water partition coefficient (Wildman–Crippen LogP) is 0.427. The maximum absolute atomic E-state index is 11.8. The molecule has 0 atom stereocenters. The van der Waals surface area contributed by atoms with Crippen molar-refractivity contribution in [3.05, 3.63) is 0 Å². The minimum absolute atomic E-state index is 0.207. The zero-order valence-electron chi connectivity index (χ0n) is 10.8. The first-order valence-electron chi connectivity index (χ1n) is 6.30. The molecule has 0 aliphatic carbocycles. The smallest absolute Gasteiger partial charge is 0.217 e. The molecule has 0 saturated carbocycles. The van der Waals surface area contributed by atoms with Crippen LogP contribution in [0.1, 0.15) is 26.2 Å². The summed E-state index contributed by atoms with van der Waals surface area (Å²) in [5.74, 6) is 0. The average Bonchev–Trinajstić information content (AvgIpc) is 2.21. The van der Waals surface area contributed by atoms with Crippen LogP contribution in [0.15, 0.2) is 0 Å². The number of hydrogen-bond acceptors (Lipinski definition) is 4. The number of nitrogens with one attached hydrogen (secondary N) is 1. The third-order valence-electron chi connectivity index (χ3n) is 3.14. The Hall–Kier alpha value is -0.170. The lowest BCUT2D eigenvalue weighted by Crippen LogP contribution is -2.57. The molecule has 1 aliphatic rings. The molecule has 17 heavy (non-hydrogen) atoms. The third kappa shape index (κ3) is 4.91. The molecule has 1 rings (SSSR count). The van der Waals surface area contributed by atoms with Crippen LogP contribution in [0.3, 0.4) is 0 Å². The van der Waals surface area contributed by atoms with Crippen LogP contribution in [-0.4, -0.2) is 58.5 Å². The Morgan fingerprint density at radius 3 is 2.59 bits per heavy atom. The lowest BCUT2D eigenvalue weighted by Gasteiger charge is -2.37. The van der Waals surface area contributed by atoms with Crippen LogP contribution in [-0.2, 0) is 14.8 Å². The van der Waals surface area contributed by atoms with Gasteiger partial charge in [0.2, 0.25) is 10.0 Å². The monoisotopic (exact) mass is 264 g/mol. The molecule has 0 amide bonds. The molecule has 1 saturated heterocycles. The Labute approximate surface area is 105 Å². The summed E-state index contributed by atoms with van der Waals surface area (Å²) in [5.41, 5.74) is 0. The molecule has 6 heteroatoms. The number of ether oxygens (including phenoxy) is 1. The summed E-state index contributed by atoms with van der Waals surface area (Å²) < 4.78 is 31.2. The van der Waals surface area contributed by atoms with Crippen molar-refractivity contribution in [1.29, 1.82) is 0 Å². The van der Waals surface area contributed by atoms with Crippen LogP contribution in [0.4, 0.5) is 0 Å². The minimum atomic E-state index is -3.08. The molecule has 5 nitrogen and oxygen atoms in total. The molecule has 1 fully saturated rings. The summed E-state index contributed by atoms with van der Waals surface area (Å²) in [6.45, 7) is 5.63. The SMILES string of the molecule is CCN1CC(S(=O)(=O)NCCCCCOC)C1. The molecule has 0 bridgehead atoms. The summed E-state index contributed by atoms with van der Waals surface area (Å²) in [4.78, 5) is 2.13. The standard InChI is InChI=1S/C11H24N2O3S/c1-3-13-9-11(10-13)17(14,15)12-7-5-4-6-8-16-2/h11-12H,3-10H2,1-2H3. The van der Waals surface area contributed by atoms with Crippen LogP contribution in [0, 0.1) is 0 Å². The van der Waals surface area contributed by atoms with Gasteiger partial charge in [0, 0.05) is 33.4 Å². The van der Waals surface area contributed by atoms with Gasteiger partial charge < -0.3 is 9.64 Å². The molecule has 0 aromatic heterocycles. The van der Waals surface area contributed by atoms with E-state index in [-0.39, 0.29) is 5.25 Å². The van der Waals surface area contributed by atoms with Crippen molar-refractivity contribution in [3.63, 3.8) is 0 Å². The number of nitrogens with zero attached hydrogens (tertiary/aromatic N) is 1. The first-order chi connectivity index (χ1) is 8.10. The zero-order chi connectivity index (χ0) is 12.7. The van der Waals surface area contributed by atoms with E-state index in [1.54, 1.807) is 7.11 Å². The molecule has 1 aliphatic heterocycles. The molecular formula is C11H24N2O3S. The highest BCUT2D eigenvalue weighted by Gasteiger charge is 2.35. The molecule has 1 N–H and O–H groups in total. The summed E-state index contributed by atoms with van der Waals surface area (Å²) >= 11 is 0. The maximum atomic E-state index is 11.8. The average molecular weight is 264 g/mol. The van der Waals surface area contributed by atoms with Gasteiger partial charge in [-0.2, -0.15) is 0 Å². The van der Waals surface area contributed by atoms with Crippen molar-refractivity contribution in [2.75, 3.05) is 39.9 Å². The molecule has 0 aromatic rings. The first kappa shape index (κ1) is 14.9. The van der Waals surface area contributed by atoms with Crippen molar-refractivity contribution in [3.8, 4) is 0 Å². The van der Waals surface area contributed by atoms with Crippen LogP contribution >= 0.6 is 0 Å². The van der Waals surface area contributed by atoms with Gasteiger partial charge in [0.1, 0.15) is 5.25 Å². The molecular weight excluding hydrogens is 240 g/mol. The van der Waals surface area contributed by atoms with Crippen LogP contribution in [0.2, 0.25) is 0 Å². The van der Waals surface area contributed by atoms with E-state index in [4.69, 9.17) is 4.74 Å². The van der Waals surface area contributed by atoms with Gasteiger partial charge >= 0.3 is 0 Å². The van der Waals surface area contributed by atoms with Crippen molar-refractivity contribution in [2.24, 2.45) is 0 Å². The van der Waals surface area contributed by atoms with Gasteiger partial charge in [0.25, 0.3) is 0 Å². The fourth-order valence-electron chi connectivity index (χ4n) is 1.86. The van der Waals surface area contributed by atoms with Crippen LogP contribution in [0.5, 0.6) is 0 Å². The lowest BCUT2D eigenvalue weighted by molar-refractivity contribution is 0.192. The van der Waals surface area contributed by atoms with Crippen molar-refractivity contribution >= 4 is 10.0 Å². The van der Waals surface area contributed by atoms with Crippen molar-refractivity contribution < 1.29 is 13.2 Å². The molecule has 0 radical (unpaired) electrons. The highest BCUT2D eigenvalue weighted by Crippen LogP contribution is 2.14.